The highest BCUT2D eigenvalue weighted by Gasteiger charge is 2.37. The Morgan fingerprint density at radius 1 is 1.04 bits per heavy atom. The molecular weight excluding hydrogens is 352 g/mol. The second kappa shape index (κ2) is 5.96. The number of aryl methyl sites for hydroxylation is 1. The standard InChI is InChI=1S/C17H13F2NO4S/c1-10-3-4-11(18)7-14(10)20-9-16(17(21)24-2)25(22,23)15-8-12(19)5-6-13(15)20/h3-9H,1-2H3. The third-order valence-corrected chi connectivity index (χ3v) is 5.58. The summed E-state index contributed by atoms with van der Waals surface area (Å²) in [4.78, 5) is 12.2. The van der Waals surface area contributed by atoms with Crippen LogP contribution in [0.15, 0.2) is 52.4 Å². The minimum Gasteiger partial charge on any atom is -0.465 e. The van der Waals surface area contributed by atoms with E-state index in [0.29, 0.717) is 11.3 Å². The highest BCUT2D eigenvalue weighted by molar-refractivity contribution is 7.96. The summed E-state index contributed by atoms with van der Waals surface area (Å²) in [6.07, 6.45) is 1.06. The molecule has 130 valence electrons. The number of benzene rings is 2. The van der Waals surface area contributed by atoms with E-state index < -0.39 is 32.3 Å². The van der Waals surface area contributed by atoms with Gasteiger partial charge < -0.3 is 9.64 Å². The van der Waals surface area contributed by atoms with Crippen molar-refractivity contribution < 1.29 is 26.7 Å². The highest BCUT2D eigenvalue weighted by atomic mass is 32.2. The fourth-order valence-electron chi connectivity index (χ4n) is 2.58. The first kappa shape index (κ1) is 17.1. The summed E-state index contributed by atoms with van der Waals surface area (Å²) in [5.74, 6) is -2.40. The molecule has 8 heteroatoms. The maximum Gasteiger partial charge on any atom is 0.351 e. The first-order chi connectivity index (χ1) is 11.8. The Bertz CT molecular complexity index is 1020. The van der Waals surface area contributed by atoms with Gasteiger partial charge in [0.1, 0.15) is 11.6 Å². The molecule has 0 amide bonds. The Labute approximate surface area is 143 Å². The quantitative estimate of drug-likeness (QED) is 0.765. The van der Waals surface area contributed by atoms with Gasteiger partial charge in [-0.2, -0.15) is 0 Å². The van der Waals surface area contributed by atoms with E-state index in [1.165, 1.54) is 29.2 Å². The van der Waals surface area contributed by atoms with Gasteiger partial charge in [-0.15, -0.1) is 0 Å². The second-order valence-corrected chi connectivity index (χ2v) is 7.29. The lowest BCUT2D eigenvalue weighted by Gasteiger charge is -2.29. The molecule has 0 radical (unpaired) electrons. The third kappa shape index (κ3) is 2.78. The van der Waals surface area contributed by atoms with E-state index in [0.717, 1.165) is 25.4 Å². The van der Waals surface area contributed by atoms with Gasteiger partial charge in [0.25, 0.3) is 0 Å². The van der Waals surface area contributed by atoms with Gasteiger partial charge in [-0.25, -0.2) is 22.0 Å². The number of hydrogen-bond donors (Lipinski definition) is 0. The summed E-state index contributed by atoms with van der Waals surface area (Å²) in [6.45, 7) is 1.70. The number of hydrogen-bond acceptors (Lipinski definition) is 5. The molecule has 0 atom stereocenters. The van der Waals surface area contributed by atoms with Gasteiger partial charge in [-0.05, 0) is 42.8 Å². The molecule has 0 unspecified atom stereocenters. The number of methoxy groups -OCH3 is 1. The van der Waals surface area contributed by atoms with Crippen LogP contribution >= 0.6 is 0 Å². The molecule has 25 heavy (non-hydrogen) atoms. The Hall–Kier alpha value is -2.74. The number of carbonyl (C=O) groups is 1. The van der Waals surface area contributed by atoms with Crippen LogP contribution in [-0.4, -0.2) is 21.5 Å². The summed E-state index contributed by atoms with van der Waals surface area (Å²) >= 11 is 0. The molecule has 1 aliphatic heterocycles. The van der Waals surface area contributed by atoms with Gasteiger partial charge in [0.05, 0.1) is 23.4 Å². The molecule has 0 aliphatic carbocycles. The SMILES string of the molecule is COC(=O)C1=CN(c2cc(F)ccc2C)c2ccc(F)cc2S1(=O)=O. The molecule has 0 spiro atoms. The van der Waals surface area contributed by atoms with Gasteiger partial charge in [0.15, 0.2) is 4.91 Å². The van der Waals surface area contributed by atoms with Crippen LogP contribution in [0.3, 0.4) is 0 Å². The summed E-state index contributed by atoms with van der Waals surface area (Å²) in [6, 6.07) is 7.15. The molecule has 2 aromatic rings. The van der Waals surface area contributed by atoms with Crippen molar-refractivity contribution >= 4 is 27.2 Å². The summed E-state index contributed by atoms with van der Waals surface area (Å²) in [5.41, 5.74) is 1.07. The van der Waals surface area contributed by atoms with Crippen molar-refractivity contribution in [1.82, 2.24) is 0 Å². The van der Waals surface area contributed by atoms with Crippen molar-refractivity contribution in [2.45, 2.75) is 11.8 Å². The first-order valence-electron chi connectivity index (χ1n) is 7.16. The number of nitrogens with zero attached hydrogens (tertiary/aromatic N) is 1. The predicted octanol–water partition coefficient (Wildman–Crippen LogP) is 3.21. The van der Waals surface area contributed by atoms with Crippen LogP contribution in [0.1, 0.15) is 5.56 Å². The van der Waals surface area contributed by atoms with Crippen LogP contribution in [0.2, 0.25) is 0 Å². The third-order valence-electron chi connectivity index (χ3n) is 3.82. The lowest BCUT2D eigenvalue weighted by atomic mass is 10.1. The fraction of sp³-hybridized carbons (Fsp3) is 0.118. The zero-order valence-electron chi connectivity index (χ0n) is 13.3. The molecule has 0 saturated carbocycles. The number of halogens is 2. The van der Waals surface area contributed by atoms with Crippen LogP contribution in [0.25, 0.3) is 0 Å². The van der Waals surface area contributed by atoms with Gasteiger partial charge >= 0.3 is 5.97 Å². The van der Waals surface area contributed by atoms with E-state index >= 15 is 0 Å². The van der Waals surface area contributed by atoms with Gasteiger partial charge in [-0.3, -0.25) is 0 Å². The number of sulfone groups is 1. The fourth-order valence-corrected chi connectivity index (χ4v) is 4.07. The molecule has 2 aromatic carbocycles. The largest absolute Gasteiger partial charge is 0.465 e. The van der Waals surface area contributed by atoms with Crippen LogP contribution in [0, 0.1) is 18.6 Å². The minimum absolute atomic E-state index is 0.114. The molecule has 3 rings (SSSR count). The number of carbonyl (C=O) groups excluding carboxylic acids is 1. The smallest absolute Gasteiger partial charge is 0.351 e. The highest BCUT2D eigenvalue weighted by Crippen LogP contribution is 2.41. The van der Waals surface area contributed by atoms with E-state index in [1.54, 1.807) is 6.92 Å². The maximum atomic E-state index is 13.7. The molecule has 0 aromatic heterocycles. The Kier molecular flexibility index (Phi) is 4.08. The topological polar surface area (TPSA) is 63.7 Å². The molecular formula is C17H13F2NO4S. The molecule has 0 fully saturated rings. The average molecular weight is 365 g/mol. The monoisotopic (exact) mass is 365 g/mol. The summed E-state index contributed by atoms with van der Waals surface area (Å²) in [7, 11) is -3.23. The minimum atomic E-state index is -4.27. The molecule has 1 heterocycles. The van der Waals surface area contributed by atoms with Crippen LogP contribution in [0.5, 0.6) is 0 Å². The lowest BCUT2D eigenvalue weighted by Crippen LogP contribution is -2.26. The predicted molar refractivity (Wildman–Crippen MR) is 87.0 cm³/mol. The van der Waals surface area contributed by atoms with E-state index in [1.807, 2.05) is 0 Å². The lowest BCUT2D eigenvalue weighted by molar-refractivity contribution is -0.135. The molecule has 0 saturated heterocycles. The zero-order valence-corrected chi connectivity index (χ0v) is 14.1. The number of ether oxygens (including phenoxy) is 1. The van der Waals surface area contributed by atoms with Crippen molar-refractivity contribution in [3.8, 4) is 0 Å². The molecule has 0 N–H and O–H groups in total. The van der Waals surface area contributed by atoms with E-state index in [-0.39, 0.29) is 10.6 Å². The number of fused-ring (bicyclic) bond motifs is 1. The van der Waals surface area contributed by atoms with Gasteiger partial charge in [0.2, 0.25) is 9.84 Å². The van der Waals surface area contributed by atoms with Crippen molar-refractivity contribution in [3.05, 3.63) is 64.7 Å². The Morgan fingerprint density at radius 2 is 1.68 bits per heavy atom. The molecule has 1 aliphatic rings. The van der Waals surface area contributed by atoms with E-state index in [4.69, 9.17) is 0 Å². The van der Waals surface area contributed by atoms with Crippen molar-refractivity contribution in [1.29, 1.82) is 0 Å². The normalized spacial score (nSPS) is 15.4. The summed E-state index contributed by atoms with van der Waals surface area (Å²) < 4.78 is 57.2. The van der Waals surface area contributed by atoms with Crippen molar-refractivity contribution in [3.63, 3.8) is 0 Å². The first-order valence-corrected chi connectivity index (χ1v) is 8.64. The van der Waals surface area contributed by atoms with Crippen LogP contribution in [-0.2, 0) is 19.4 Å². The summed E-state index contributed by atoms with van der Waals surface area (Å²) in [5, 5.41) is 0. The van der Waals surface area contributed by atoms with Gasteiger partial charge in [0, 0.05) is 6.20 Å². The number of rotatable bonds is 2. The number of anilines is 2. The average Bonchev–Trinajstić information content (AvgIpc) is 2.57. The van der Waals surface area contributed by atoms with Crippen molar-refractivity contribution in [2.75, 3.05) is 12.0 Å². The number of esters is 1. The van der Waals surface area contributed by atoms with Crippen LogP contribution in [0.4, 0.5) is 20.2 Å². The maximum absolute atomic E-state index is 13.7. The van der Waals surface area contributed by atoms with E-state index in [9.17, 15) is 22.0 Å². The zero-order chi connectivity index (χ0) is 18.4. The second-order valence-electron chi connectivity index (χ2n) is 5.40. The van der Waals surface area contributed by atoms with Gasteiger partial charge in [-0.1, -0.05) is 6.07 Å². The molecule has 0 bridgehead atoms. The van der Waals surface area contributed by atoms with E-state index in [2.05, 4.69) is 4.74 Å². The van der Waals surface area contributed by atoms with Crippen LogP contribution < -0.4 is 4.90 Å². The molecule has 5 nitrogen and oxygen atoms in total. The Morgan fingerprint density at radius 3 is 2.36 bits per heavy atom. The Balaban J connectivity index is 2.34. The van der Waals surface area contributed by atoms with Crippen molar-refractivity contribution in [2.24, 2.45) is 0 Å².